The van der Waals surface area contributed by atoms with Gasteiger partial charge >= 0.3 is 5.97 Å². The van der Waals surface area contributed by atoms with Crippen molar-refractivity contribution >= 4 is 29.5 Å². The standard InChI is InChI=1S/C14H16N2O4S/c1-8-3-4-9(21-2)5-10(8)13(18)16-7-12(17)15-6-11(16)14(19)20/h3-5,11H,6-7H2,1-2H3,(H,15,17)(H,19,20). The lowest BCUT2D eigenvalue weighted by Gasteiger charge is -2.33. The zero-order chi connectivity index (χ0) is 15.6. The van der Waals surface area contributed by atoms with Gasteiger partial charge in [-0.2, -0.15) is 0 Å². The van der Waals surface area contributed by atoms with Crippen LogP contribution in [0.25, 0.3) is 0 Å². The van der Waals surface area contributed by atoms with E-state index in [4.69, 9.17) is 0 Å². The van der Waals surface area contributed by atoms with Crippen LogP contribution in [0.5, 0.6) is 0 Å². The van der Waals surface area contributed by atoms with E-state index in [0.29, 0.717) is 5.56 Å². The van der Waals surface area contributed by atoms with E-state index in [9.17, 15) is 19.5 Å². The summed E-state index contributed by atoms with van der Waals surface area (Å²) in [7, 11) is 0. The average molecular weight is 308 g/mol. The Morgan fingerprint density at radius 2 is 2.14 bits per heavy atom. The molecule has 1 aliphatic rings. The summed E-state index contributed by atoms with van der Waals surface area (Å²) in [5.41, 5.74) is 1.19. The molecule has 0 aliphatic carbocycles. The molecule has 1 atom stereocenters. The molecule has 2 N–H and O–H groups in total. The quantitative estimate of drug-likeness (QED) is 0.804. The lowest BCUT2D eigenvalue weighted by molar-refractivity contribution is -0.144. The van der Waals surface area contributed by atoms with Crippen molar-refractivity contribution in [2.75, 3.05) is 19.3 Å². The van der Waals surface area contributed by atoms with Crippen molar-refractivity contribution in [3.63, 3.8) is 0 Å². The zero-order valence-electron chi connectivity index (χ0n) is 11.8. The molecule has 0 radical (unpaired) electrons. The zero-order valence-corrected chi connectivity index (χ0v) is 12.6. The van der Waals surface area contributed by atoms with Crippen LogP contribution in [0.4, 0.5) is 0 Å². The van der Waals surface area contributed by atoms with Crippen molar-refractivity contribution < 1.29 is 19.5 Å². The number of carboxylic acids is 1. The molecule has 21 heavy (non-hydrogen) atoms. The molecule has 0 saturated carbocycles. The first-order valence-electron chi connectivity index (χ1n) is 6.39. The number of nitrogens with zero attached hydrogens (tertiary/aromatic N) is 1. The summed E-state index contributed by atoms with van der Waals surface area (Å²) in [6, 6.07) is 4.41. The maximum Gasteiger partial charge on any atom is 0.328 e. The molecule has 7 heteroatoms. The van der Waals surface area contributed by atoms with Crippen LogP contribution in [0.2, 0.25) is 0 Å². The molecule has 0 aromatic heterocycles. The number of amides is 2. The van der Waals surface area contributed by atoms with E-state index in [0.717, 1.165) is 15.4 Å². The number of piperazine rings is 1. The highest BCUT2D eigenvalue weighted by Gasteiger charge is 2.36. The maximum absolute atomic E-state index is 12.6. The van der Waals surface area contributed by atoms with Crippen LogP contribution in [0, 0.1) is 6.92 Å². The van der Waals surface area contributed by atoms with Gasteiger partial charge in [-0.3, -0.25) is 9.59 Å². The second kappa shape index (κ2) is 6.17. The summed E-state index contributed by atoms with van der Waals surface area (Å²) in [5, 5.41) is 11.7. The van der Waals surface area contributed by atoms with Crippen LogP contribution in [-0.2, 0) is 9.59 Å². The number of carbonyl (C=O) groups is 3. The second-order valence-electron chi connectivity index (χ2n) is 4.77. The minimum absolute atomic E-state index is 0.0683. The van der Waals surface area contributed by atoms with E-state index >= 15 is 0 Å². The molecular formula is C14H16N2O4S. The van der Waals surface area contributed by atoms with Gasteiger partial charge in [-0.1, -0.05) is 6.07 Å². The fraction of sp³-hybridized carbons (Fsp3) is 0.357. The van der Waals surface area contributed by atoms with Gasteiger partial charge in [0.05, 0.1) is 0 Å². The predicted molar refractivity (Wildman–Crippen MR) is 78.4 cm³/mol. The van der Waals surface area contributed by atoms with Crippen molar-refractivity contribution in [3.05, 3.63) is 29.3 Å². The van der Waals surface area contributed by atoms with Crippen LogP contribution in [0.1, 0.15) is 15.9 Å². The number of rotatable bonds is 3. The highest BCUT2D eigenvalue weighted by Crippen LogP contribution is 2.21. The van der Waals surface area contributed by atoms with Gasteiger partial charge < -0.3 is 15.3 Å². The summed E-state index contributed by atoms with van der Waals surface area (Å²) in [4.78, 5) is 37.4. The number of nitrogens with one attached hydrogen (secondary N) is 1. The molecule has 0 spiro atoms. The normalized spacial score (nSPS) is 18.3. The third-order valence-electron chi connectivity index (χ3n) is 3.40. The van der Waals surface area contributed by atoms with Gasteiger partial charge in [-0.05, 0) is 30.9 Å². The van der Waals surface area contributed by atoms with E-state index < -0.39 is 17.9 Å². The molecule has 0 bridgehead atoms. The largest absolute Gasteiger partial charge is 0.480 e. The summed E-state index contributed by atoms with van der Waals surface area (Å²) in [5.74, 6) is -1.90. The highest BCUT2D eigenvalue weighted by atomic mass is 32.2. The Morgan fingerprint density at radius 3 is 2.76 bits per heavy atom. The molecular weight excluding hydrogens is 292 g/mol. The van der Waals surface area contributed by atoms with Gasteiger partial charge in [0.15, 0.2) is 0 Å². The van der Waals surface area contributed by atoms with Crippen LogP contribution in [0.3, 0.4) is 0 Å². The van der Waals surface area contributed by atoms with Gasteiger partial charge in [0, 0.05) is 17.0 Å². The van der Waals surface area contributed by atoms with Crippen molar-refractivity contribution in [1.82, 2.24) is 10.2 Å². The van der Waals surface area contributed by atoms with E-state index in [-0.39, 0.29) is 19.0 Å². The number of benzene rings is 1. The summed E-state index contributed by atoms with van der Waals surface area (Å²) in [6.07, 6.45) is 1.90. The molecule has 2 rings (SSSR count). The molecule has 1 heterocycles. The number of aliphatic carboxylic acids is 1. The molecule has 1 aliphatic heterocycles. The molecule has 1 saturated heterocycles. The number of hydrogen-bond donors (Lipinski definition) is 2. The van der Waals surface area contributed by atoms with Crippen molar-refractivity contribution in [1.29, 1.82) is 0 Å². The lowest BCUT2D eigenvalue weighted by atomic mass is 10.1. The predicted octanol–water partition coefficient (Wildman–Crippen LogP) is 0.742. The van der Waals surface area contributed by atoms with Crippen LogP contribution >= 0.6 is 11.8 Å². The topological polar surface area (TPSA) is 86.7 Å². The summed E-state index contributed by atoms with van der Waals surface area (Å²) in [6.45, 7) is 1.48. The summed E-state index contributed by atoms with van der Waals surface area (Å²) < 4.78 is 0. The van der Waals surface area contributed by atoms with E-state index in [1.165, 1.54) is 11.8 Å². The fourth-order valence-electron chi connectivity index (χ4n) is 2.19. The fourth-order valence-corrected chi connectivity index (χ4v) is 2.63. The van der Waals surface area contributed by atoms with Crippen LogP contribution in [0.15, 0.2) is 23.1 Å². The number of aryl methyl sites for hydroxylation is 1. The summed E-state index contributed by atoms with van der Waals surface area (Å²) >= 11 is 1.50. The molecule has 1 fully saturated rings. The Bertz CT molecular complexity index is 603. The molecule has 6 nitrogen and oxygen atoms in total. The van der Waals surface area contributed by atoms with E-state index in [1.807, 2.05) is 18.4 Å². The SMILES string of the molecule is CSc1ccc(C)c(C(=O)N2CC(=O)NCC2C(=O)O)c1. The Balaban J connectivity index is 2.36. The number of carboxylic acid groups (broad SMARTS) is 1. The minimum atomic E-state index is -1.12. The molecule has 1 unspecified atom stereocenters. The van der Waals surface area contributed by atoms with E-state index in [1.54, 1.807) is 13.0 Å². The average Bonchev–Trinajstić information content (AvgIpc) is 2.46. The Hall–Kier alpha value is -2.02. The Labute approximate surface area is 126 Å². The molecule has 2 amide bonds. The minimum Gasteiger partial charge on any atom is -0.480 e. The number of hydrogen-bond acceptors (Lipinski definition) is 4. The Kier molecular flexibility index (Phi) is 4.52. The lowest BCUT2D eigenvalue weighted by Crippen LogP contribution is -2.59. The van der Waals surface area contributed by atoms with Gasteiger partial charge in [0.25, 0.3) is 5.91 Å². The first-order chi connectivity index (χ1) is 9.93. The van der Waals surface area contributed by atoms with Crippen molar-refractivity contribution in [2.24, 2.45) is 0 Å². The van der Waals surface area contributed by atoms with E-state index in [2.05, 4.69) is 5.32 Å². The van der Waals surface area contributed by atoms with Crippen molar-refractivity contribution in [2.45, 2.75) is 17.9 Å². The molecule has 1 aromatic rings. The van der Waals surface area contributed by atoms with Gasteiger partial charge in [-0.25, -0.2) is 4.79 Å². The maximum atomic E-state index is 12.6. The van der Waals surface area contributed by atoms with Crippen LogP contribution in [-0.4, -0.2) is 53.2 Å². The smallest absolute Gasteiger partial charge is 0.328 e. The van der Waals surface area contributed by atoms with Gasteiger partial charge in [0.2, 0.25) is 5.91 Å². The molecule has 1 aromatic carbocycles. The third-order valence-corrected chi connectivity index (χ3v) is 4.13. The van der Waals surface area contributed by atoms with Crippen LogP contribution < -0.4 is 5.32 Å². The second-order valence-corrected chi connectivity index (χ2v) is 5.65. The highest BCUT2D eigenvalue weighted by molar-refractivity contribution is 7.98. The van der Waals surface area contributed by atoms with Gasteiger partial charge in [0.1, 0.15) is 12.6 Å². The van der Waals surface area contributed by atoms with Crippen molar-refractivity contribution in [3.8, 4) is 0 Å². The number of carbonyl (C=O) groups excluding carboxylic acids is 2. The Morgan fingerprint density at radius 1 is 1.43 bits per heavy atom. The van der Waals surface area contributed by atoms with Gasteiger partial charge in [-0.15, -0.1) is 11.8 Å². The third kappa shape index (κ3) is 3.18. The number of thioether (sulfide) groups is 1. The molecule has 112 valence electrons. The first-order valence-corrected chi connectivity index (χ1v) is 7.61. The first kappa shape index (κ1) is 15.4. The monoisotopic (exact) mass is 308 g/mol.